The van der Waals surface area contributed by atoms with Gasteiger partial charge in [0.15, 0.2) is 0 Å². The number of anilines is 1. The maximum atomic E-state index is 12.8. The number of nitro groups is 1. The largest absolute Gasteiger partial charge is 0.494 e. The smallest absolute Gasteiger partial charge is 0.273 e. The van der Waals surface area contributed by atoms with Gasteiger partial charge >= 0.3 is 0 Å². The van der Waals surface area contributed by atoms with E-state index in [1.165, 1.54) is 25.3 Å². The van der Waals surface area contributed by atoms with Gasteiger partial charge in [0.2, 0.25) is 5.91 Å². The molecule has 8 heteroatoms. The van der Waals surface area contributed by atoms with Crippen molar-refractivity contribution >= 4 is 28.6 Å². The number of nitro benzene ring substituents is 1. The van der Waals surface area contributed by atoms with Gasteiger partial charge in [-0.05, 0) is 30.0 Å². The Balaban J connectivity index is 1.76. The second-order valence-electron chi connectivity index (χ2n) is 6.38. The first-order chi connectivity index (χ1) is 14.0. The van der Waals surface area contributed by atoms with Gasteiger partial charge in [0.1, 0.15) is 5.75 Å². The van der Waals surface area contributed by atoms with E-state index in [1.54, 1.807) is 18.3 Å². The van der Waals surface area contributed by atoms with Crippen molar-refractivity contribution < 1.29 is 14.5 Å². The van der Waals surface area contributed by atoms with E-state index in [2.05, 4.69) is 10.6 Å². The number of rotatable bonds is 8. The Hall–Kier alpha value is -3.23. The van der Waals surface area contributed by atoms with Crippen LogP contribution in [-0.2, 0) is 4.79 Å². The number of carbonyl (C=O) groups is 1. The molecule has 7 nitrogen and oxygen atoms in total. The van der Waals surface area contributed by atoms with Crippen molar-refractivity contribution in [1.82, 2.24) is 5.32 Å². The van der Waals surface area contributed by atoms with Crippen LogP contribution in [0.5, 0.6) is 5.75 Å². The van der Waals surface area contributed by atoms with Crippen molar-refractivity contribution in [2.24, 2.45) is 0 Å². The predicted octanol–water partition coefficient (Wildman–Crippen LogP) is 4.37. The van der Waals surface area contributed by atoms with Crippen molar-refractivity contribution in [3.63, 3.8) is 0 Å². The number of carbonyl (C=O) groups excluding carboxylic acids is 1. The van der Waals surface area contributed by atoms with Crippen molar-refractivity contribution in [2.75, 3.05) is 12.4 Å². The van der Waals surface area contributed by atoms with Gasteiger partial charge < -0.3 is 10.1 Å². The highest BCUT2D eigenvalue weighted by Gasteiger charge is 2.22. The van der Waals surface area contributed by atoms with Crippen LogP contribution in [0.25, 0.3) is 0 Å². The number of ether oxygens (including phenoxy) is 1. The molecule has 29 heavy (non-hydrogen) atoms. The summed E-state index contributed by atoms with van der Waals surface area (Å²) in [7, 11) is 1.40. The zero-order valence-corrected chi connectivity index (χ0v) is 16.8. The molecule has 0 saturated heterocycles. The first-order valence-corrected chi connectivity index (χ1v) is 9.85. The molecule has 0 bridgehead atoms. The number of amides is 1. The van der Waals surface area contributed by atoms with E-state index in [0.717, 1.165) is 10.4 Å². The normalized spacial score (nSPS) is 12.8. The molecule has 1 amide bonds. The van der Waals surface area contributed by atoms with E-state index in [9.17, 15) is 14.9 Å². The Morgan fingerprint density at radius 2 is 1.90 bits per heavy atom. The van der Waals surface area contributed by atoms with E-state index in [0.29, 0.717) is 5.69 Å². The molecule has 2 N–H and O–H groups in total. The Morgan fingerprint density at radius 1 is 1.14 bits per heavy atom. The summed E-state index contributed by atoms with van der Waals surface area (Å²) in [4.78, 5) is 24.3. The predicted molar refractivity (Wildman–Crippen MR) is 113 cm³/mol. The molecule has 2 aromatic carbocycles. The Labute approximate surface area is 172 Å². The molecule has 3 rings (SSSR count). The zero-order chi connectivity index (χ0) is 20.8. The van der Waals surface area contributed by atoms with Gasteiger partial charge in [0.05, 0.1) is 35.9 Å². The average molecular weight is 411 g/mol. The number of nitrogens with zero attached hydrogens (tertiary/aromatic N) is 1. The second kappa shape index (κ2) is 9.31. The summed E-state index contributed by atoms with van der Waals surface area (Å²) in [5.74, 6) is -0.0349. The van der Waals surface area contributed by atoms with E-state index < -0.39 is 11.0 Å². The molecule has 3 aromatic rings. The van der Waals surface area contributed by atoms with E-state index in [4.69, 9.17) is 4.74 Å². The summed E-state index contributed by atoms with van der Waals surface area (Å²) in [6.45, 7) is 1.77. The van der Waals surface area contributed by atoms with Gasteiger partial charge in [-0.2, -0.15) is 0 Å². The highest BCUT2D eigenvalue weighted by molar-refractivity contribution is 7.10. The minimum atomic E-state index is -0.526. The number of non-ortho nitro benzene ring substituents is 1. The van der Waals surface area contributed by atoms with Gasteiger partial charge in [-0.1, -0.05) is 36.4 Å². The summed E-state index contributed by atoms with van der Waals surface area (Å²) in [6, 6.07) is 17.3. The summed E-state index contributed by atoms with van der Waals surface area (Å²) in [5, 5.41) is 19.1. The van der Waals surface area contributed by atoms with Crippen molar-refractivity contribution in [3.8, 4) is 5.75 Å². The van der Waals surface area contributed by atoms with E-state index in [1.807, 2.05) is 47.8 Å². The van der Waals surface area contributed by atoms with Gasteiger partial charge in [0.25, 0.3) is 5.69 Å². The number of benzene rings is 2. The SMILES string of the molecule is COc1cc([N+](=O)[O-])ccc1NC(=O)[C@@H](C)N[C@@H](c1ccccc1)c1cccs1. The van der Waals surface area contributed by atoms with Crippen molar-refractivity contribution in [3.05, 3.63) is 86.6 Å². The highest BCUT2D eigenvalue weighted by Crippen LogP contribution is 2.30. The lowest BCUT2D eigenvalue weighted by atomic mass is 10.0. The maximum Gasteiger partial charge on any atom is 0.273 e. The van der Waals surface area contributed by atoms with Crippen molar-refractivity contribution in [2.45, 2.75) is 19.0 Å². The number of thiophene rings is 1. The maximum absolute atomic E-state index is 12.8. The van der Waals surface area contributed by atoms with Crippen LogP contribution in [0, 0.1) is 10.1 Å². The Bertz CT molecular complexity index is 977. The second-order valence-corrected chi connectivity index (χ2v) is 7.36. The molecule has 0 fully saturated rings. The molecule has 2 atom stereocenters. The lowest BCUT2D eigenvalue weighted by Crippen LogP contribution is -2.40. The third kappa shape index (κ3) is 4.98. The van der Waals surface area contributed by atoms with Gasteiger partial charge in [-0.3, -0.25) is 20.2 Å². The first kappa shape index (κ1) is 20.5. The zero-order valence-electron chi connectivity index (χ0n) is 16.0. The van der Waals surface area contributed by atoms with Crippen LogP contribution in [0.1, 0.15) is 23.4 Å². The standard InChI is InChI=1S/C21H21N3O4S/c1-14(21(25)23-17-11-10-16(24(26)27)13-18(17)28-2)22-20(19-9-6-12-29-19)15-7-4-3-5-8-15/h3-14,20,22H,1-2H3,(H,23,25)/t14-,20+/m1/s1. The fourth-order valence-corrected chi connectivity index (χ4v) is 3.72. The number of hydrogen-bond acceptors (Lipinski definition) is 6. The molecule has 1 aromatic heterocycles. The van der Waals surface area contributed by atoms with E-state index >= 15 is 0 Å². The minimum Gasteiger partial charge on any atom is -0.494 e. The fraction of sp³-hybridized carbons (Fsp3) is 0.190. The van der Waals surface area contributed by atoms with Gasteiger partial charge in [0, 0.05) is 10.9 Å². The van der Waals surface area contributed by atoms with Gasteiger partial charge in [-0.25, -0.2) is 0 Å². The summed E-state index contributed by atoms with van der Waals surface area (Å²) < 4.78 is 5.19. The Morgan fingerprint density at radius 3 is 2.52 bits per heavy atom. The monoisotopic (exact) mass is 411 g/mol. The molecule has 150 valence electrons. The molecule has 0 aliphatic carbocycles. The Kier molecular flexibility index (Phi) is 6.58. The van der Waals surface area contributed by atoms with Crippen LogP contribution in [0.15, 0.2) is 66.0 Å². The molecule has 0 aliphatic rings. The average Bonchev–Trinajstić information content (AvgIpc) is 3.27. The third-order valence-corrected chi connectivity index (χ3v) is 5.36. The van der Waals surface area contributed by atoms with Gasteiger partial charge in [-0.15, -0.1) is 11.3 Å². The number of hydrogen-bond donors (Lipinski definition) is 2. The topological polar surface area (TPSA) is 93.5 Å². The summed E-state index contributed by atoms with van der Waals surface area (Å²) in [5.41, 5.74) is 1.33. The van der Waals surface area contributed by atoms with Crippen molar-refractivity contribution in [1.29, 1.82) is 0 Å². The summed E-state index contributed by atoms with van der Waals surface area (Å²) in [6.07, 6.45) is 0. The number of methoxy groups -OCH3 is 1. The lowest BCUT2D eigenvalue weighted by Gasteiger charge is -2.23. The summed E-state index contributed by atoms with van der Waals surface area (Å²) >= 11 is 1.62. The van der Waals surface area contributed by atoms with Crippen LogP contribution in [0.4, 0.5) is 11.4 Å². The van der Waals surface area contributed by atoms with Crippen LogP contribution in [0.2, 0.25) is 0 Å². The molecule has 0 radical (unpaired) electrons. The molecule has 0 spiro atoms. The molecule has 0 unspecified atom stereocenters. The van der Waals surface area contributed by atoms with E-state index in [-0.39, 0.29) is 23.4 Å². The molecule has 1 heterocycles. The molecular weight excluding hydrogens is 390 g/mol. The third-order valence-electron chi connectivity index (χ3n) is 4.42. The number of nitrogens with one attached hydrogen (secondary N) is 2. The molecule has 0 aliphatic heterocycles. The lowest BCUT2D eigenvalue weighted by molar-refractivity contribution is -0.384. The molecule has 0 saturated carbocycles. The quantitative estimate of drug-likeness (QED) is 0.424. The van der Waals surface area contributed by atoms with Crippen LogP contribution >= 0.6 is 11.3 Å². The minimum absolute atomic E-state index is 0.104. The van der Waals surface area contributed by atoms with Crippen LogP contribution in [-0.4, -0.2) is 24.0 Å². The fourth-order valence-electron chi connectivity index (χ4n) is 2.91. The highest BCUT2D eigenvalue weighted by atomic mass is 32.1. The van der Waals surface area contributed by atoms with Crippen LogP contribution in [0.3, 0.4) is 0 Å². The first-order valence-electron chi connectivity index (χ1n) is 8.97. The van der Waals surface area contributed by atoms with Crippen LogP contribution < -0.4 is 15.4 Å². The molecular formula is C21H21N3O4S.